The number of morpholine rings is 1. The molecule has 2 amide bonds. The van der Waals surface area contributed by atoms with Gasteiger partial charge < -0.3 is 15.0 Å². The van der Waals surface area contributed by atoms with Gasteiger partial charge in [0.15, 0.2) is 0 Å². The van der Waals surface area contributed by atoms with Gasteiger partial charge >= 0.3 is 0 Å². The lowest BCUT2D eigenvalue weighted by atomic mass is 10.1. The van der Waals surface area contributed by atoms with Crippen LogP contribution in [0.4, 0.5) is 0 Å². The van der Waals surface area contributed by atoms with Crippen LogP contribution in [-0.2, 0) is 9.53 Å². The summed E-state index contributed by atoms with van der Waals surface area (Å²) in [7, 11) is 3.52. The van der Waals surface area contributed by atoms with Crippen molar-refractivity contribution in [2.75, 3.05) is 33.8 Å². The van der Waals surface area contributed by atoms with E-state index >= 15 is 0 Å². The molecule has 0 bridgehead atoms. The van der Waals surface area contributed by atoms with Crippen LogP contribution in [0.15, 0.2) is 36.5 Å². The lowest BCUT2D eigenvalue weighted by Crippen LogP contribution is -2.47. The molecule has 0 spiro atoms. The molecule has 2 aliphatic rings. The minimum Gasteiger partial charge on any atom is -0.375 e. The van der Waals surface area contributed by atoms with Crippen LogP contribution in [0.5, 0.6) is 0 Å². The molecule has 3 atom stereocenters. The number of aromatic nitrogens is 1. The van der Waals surface area contributed by atoms with Crippen LogP contribution in [0.3, 0.4) is 0 Å². The molecule has 2 aliphatic heterocycles. The molecule has 28 heavy (non-hydrogen) atoms. The Balaban J connectivity index is 1.35. The Morgan fingerprint density at radius 2 is 2.11 bits per heavy atom. The second-order valence-electron chi connectivity index (χ2n) is 7.88. The number of carbonyl (C=O) groups excluding carboxylic acids is 2. The van der Waals surface area contributed by atoms with E-state index in [1.807, 2.05) is 30.3 Å². The monoisotopic (exact) mass is 382 g/mol. The molecule has 2 aromatic rings. The van der Waals surface area contributed by atoms with Gasteiger partial charge in [-0.05, 0) is 18.6 Å². The van der Waals surface area contributed by atoms with E-state index in [9.17, 15) is 9.59 Å². The summed E-state index contributed by atoms with van der Waals surface area (Å²) < 4.78 is 5.89. The SMILES string of the molecule is CN(C)C(=O)C[C@H]1CN2C[C@H](NC(=O)c3cnc4ccccc4c3)C[C@H]2CO1. The molecule has 0 saturated carbocycles. The first-order valence-corrected chi connectivity index (χ1v) is 9.71. The van der Waals surface area contributed by atoms with Crippen LogP contribution < -0.4 is 5.32 Å². The molecule has 0 unspecified atom stereocenters. The predicted molar refractivity (Wildman–Crippen MR) is 106 cm³/mol. The molecule has 2 saturated heterocycles. The topological polar surface area (TPSA) is 74.8 Å². The smallest absolute Gasteiger partial charge is 0.253 e. The number of nitrogens with zero attached hydrogens (tertiary/aromatic N) is 3. The molecule has 148 valence electrons. The minimum atomic E-state index is -0.0941. The number of fused-ring (bicyclic) bond motifs is 2. The summed E-state index contributed by atoms with van der Waals surface area (Å²) in [5.41, 5.74) is 1.46. The Morgan fingerprint density at radius 3 is 2.93 bits per heavy atom. The predicted octanol–water partition coefficient (Wildman–Crippen LogP) is 1.28. The summed E-state index contributed by atoms with van der Waals surface area (Å²) in [5.74, 6) is -0.0142. The second-order valence-corrected chi connectivity index (χ2v) is 7.88. The van der Waals surface area contributed by atoms with Gasteiger partial charge in [-0.15, -0.1) is 0 Å². The van der Waals surface area contributed by atoms with Crippen molar-refractivity contribution in [3.8, 4) is 0 Å². The van der Waals surface area contributed by atoms with Crippen LogP contribution in [0.1, 0.15) is 23.2 Å². The molecular formula is C21H26N4O3. The fraction of sp³-hybridized carbons (Fsp3) is 0.476. The number of pyridine rings is 1. The third kappa shape index (κ3) is 4.00. The van der Waals surface area contributed by atoms with Gasteiger partial charge in [-0.25, -0.2) is 0 Å². The standard InChI is InChI=1S/C21H26N4O3/c1-24(2)20(26)9-18-12-25-11-16(8-17(25)13-28-18)23-21(27)15-7-14-5-3-4-6-19(14)22-10-15/h3-7,10,16-18H,8-9,11-13H2,1-2H3,(H,23,27)/t16-,17+,18+/m1/s1. The summed E-state index contributed by atoms with van der Waals surface area (Å²) in [6, 6.07) is 10.0. The quantitative estimate of drug-likeness (QED) is 0.862. The van der Waals surface area contributed by atoms with E-state index in [-0.39, 0.29) is 24.0 Å². The molecule has 2 fully saturated rings. The van der Waals surface area contributed by atoms with Crippen LogP contribution in [0.25, 0.3) is 10.9 Å². The maximum Gasteiger partial charge on any atom is 0.253 e. The van der Waals surface area contributed by atoms with Crippen molar-refractivity contribution in [2.45, 2.75) is 31.0 Å². The van der Waals surface area contributed by atoms with Gasteiger partial charge in [-0.1, -0.05) is 18.2 Å². The zero-order valence-corrected chi connectivity index (χ0v) is 16.3. The fourth-order valence-corrected chi connectivity index (χ4v) is 4.01. The highest BCUT2D eigenvalue weighted by molar-refractivity contribution is 5.97. The van der Waals surface area contributed by atoms with E-state index < -0.39 is 0 Å². The maximum atomic E-state index is 12.7. The summed E-state index contributed by atoms with van der Waals surface area (Å²) in [5, 5.41) is 4.10. The van der Waals surface area contributed by atoms with Crippen molar-refractivity contribution in [2.24, 2.45) is 0 Å². The highest BCUT2D eigenvalue weighted by Gasteiger charge is 2.38. The van der Waals surface area contributed by atoms with E-state index in [1.54, 1.807) is 25.2 Å². The summed E-state index contributed by atoms with van der Waals surface area (Å²) in [4.78, 5) is 32.9. The lowest BCUT2D eigenvalue weighted by Gasteiger charge is -2.35. The first-order valence-electron chi connectivity index (χ1n) is 9.71. The summed E-state index contributed by atoms with van der Waals surface area (Å²) >= 11 is 0. The Labute approximate surface area is 164 Å². The Bertz CT molecular complexity index is 885. The number of carbonyl (C=O) groups is 2. The molecule has 7 nitrogen and oxygen atoms in total. The minimum absolute atomic E-state index is 0.0784. The lowest BCUT2D eigenvalue weighted by molar-refractivity contribution is -0.134. The van der Waals surface area contributed by atoms with Gasteiger partial charge in [-0.3, -0.25) is 19.5 Å². The zero-order chi connectivity index (χ0) is 19.7. The third-order valence-corrected chi connectivity index (χ3v) is 5.58. The summed E-state index contributed by atoms with van der Waals surface area (Å²) in [6.07, 6.45) is 2.81. The highest BCUT2D eigenvalue weighted by atomic mass is 16.5. The average Bonchev–Trinajstić information content (AvgIpc) is 3.08. The molecule has 1 N–H and O–H groups in total. The van der Waals surface area contributed by atoms with Gasteiger partial charge in [0.05, 0.1) is 30.2 Å². The van der Waals surface area contributed by atoms with Crippen molar-refractivity contribution in [1.82, 2.24) is 20.1 Å². The molecule has 1 aromatic carbocycles. The number of benzene rings is 1. The van der Waals surface area contributed by atoms with Crippen LogP contribution in [0.2, 0.25) is 0 Å². The van der Waals surface area contributed by atoms with E-state index in [4.69, 9.17) is 4.74 Å². The molecular weight excluding hydrogens is 356 g/mol. The number of hydrogen-bond donors (Lipinski definition) is 1. The number of amides is 2. The van der Waals surface area contributed by atoms with Gasteiger partial charge in [-0.2, -0.15) is 0 Å². The van der Waals surface area contributed by atoms with Crippen molar-refractivity contribution in [3.63, 3.8) is 0 Å². The number of ether oxygens (including phenoxy) is 1. The molecule has 0 radical (unpaired) electrons. The molecule has 0 aliphatic carbocycles. The first-order chi connectivity index (χ1) is 13.5. The van der Waals surface area contributed by atoms with E-state index in [0.717, 1.165) is 30.4 Å². The van der Waals surface area contributed by atoms with Crippen molar-refractivity contribution in [3.05, 3.63) is 42.1 Å². The Kier molecular flexibility index (Phi) is 5.28. The van der Waals surface area contributed by atoms with Gasteiger partial charge in [0.1, 0.15) is 0 Å². The zero-order valence-electron chi connectivity index (χ0n) is 16.3. The maximum absolute atomic E-state index is 12.7. The van der Waals surface area contributed by atoms with Crippen molar-refractivity contribution < 1.29 is 14.3 Å². The Hall–Kier alpha value is -2.51. The summed E-state index contributed by atoms with van der Waals surface area (Å²) in [6.45, 7) is 2.12. The number of hydrogen-bond acceptors (Lipinski definition) is 5. The second kappa shape index (κ2) is 7.85. The number of nitrogens with one attached hydrogen (secondary N) is 1. The molecule has 3 heterocycles. The fourth-order valence-electron chi connectivity index (χ4n) is 4.01. The van der Waals surface area contributed by atoms with Crippen molar-refractivity contribution >= 4 is 22.7 Å². The van der Waals surface area contributed by atoms with Crippen LogP contribution in [0, 0.1) is 0 Å². The van der Waals surface area contributed by atoms with Gasteiger partial charge in [0.2, 0.25) is 5.91 Å². The van der Waals surface area contributed by atoms with E-state index in [1.165, 1.54) is 0 Å². The molecule has 1 aromatic heterocycles. The molecule has 7 heteroatoms. The van der Waals surface area contributed by atoms with Gasteiger partial charge in [0.25, 0.3) is 5.91 Å². The third-order valence-electron chi connectivity index (χ3n) is 5.58. The Morgan fingerprint density at radius 1 is 1.29 bits per heavy atom. The van der Waals surface area contributed by atoms with Crippen molar-refractivity contribution in [1.29, 1.82) is 0 Å². The van der Waals surface area contributed by atoms with E-state index in [2.05, 4.69) is 15.2 Å². The largest absolute Gasteiger partial charge is 0.375 e. The highest BCUT2D eigenvalue weighted by Crippen LogP contribution is 2.25. The molecule has 4 rings (SSSR count). The number of rotatable bonds is 4. The van der Waals surface area contributed by atoms with E-state index in [0.29, 0.717) is 24.6 Å². The van der Waals surface area contributed by atoms with Crippen LogP contribution in [-0.4, -0.2) is 78.6 Å². The van der Waals surface area contributed by atoms with Crippen LogP contribution >= 0.6 is 0 Å². The average molecular weight is 382 g/mol. The first kappa shape index (κ1) is 18.8. The van der Waals surface area contributed by atoms with Gasteiger partial charge in [0, 0.05) is 50.9 Å². The normalized spacial score (nSPS) is 24.7. The number of para-hydroxylation sites is 1.